The molecule has 0 aromatic heterocycles. The summed E-state index contributed by atoms with van der Waals surface area (Å²) in [4.78, 5) is 41.9. The van der Waals surface area contributed by atoms with Crippen molar-refractivity contribution in [1.82, 2.24) is 0 Å². The third-order valence-corrected chi connectivity index (χ3v) is 16.4. The maximum atomic E-state index is 11.9. The fourth-order valence-corrected chi connectivity index (χ4v) is 13.1. The average Bonchev–Trinajstić information content (AvgIpc) is 3.27. The van der Waals surface area contributed by atoms with E-state index in [-0.39, 0.29) is 0 Å². The van der Waals surface area contributed by atoms with Gasteiger partial charge >= 0.3 is 0 Å². The van der Waals surface area contributed by atoms with Crippen molar-refractivity contribution in [3.05, 3.63) is 173 Å². The zero-order chi connectivity index (χ0) is 41.8. The van der Waals surface area contributed by atoms with E-state index in [0.717, 1.165) is 73.8 Å². The Morgan fingerprint density at radius 1 is 0.373 bits per heavy atom. The molecule has 0 fully saturated rings. The van der Waals surface area contributed by atoms with E-state index in [9.17, 15) is 14.4 Å². The predicted molar refractivity (Wildman–Crippen MR) is 253 cm³/mol. The lowest BCUT2D eigenvalue weighted by atomic mass is 10.0. The molecule has 0 amide bonds. The highest BCUT2D eigenvalue weighted by Gasteiger charge is 2.41. The summed E-state index contributed by atoms with van der Waals surface area (Å²) < 4.78 is 0.994. The van der Waals surface area contributed by atoms with E-state index >= 15 is 0 Å². The topological polar surface area (TPSA) is 60.9 Å². The van der Waals surface area contributed by atoms with Crippen molar-refractivity contribution in [2.45, 2.75) is 0 Å². The monoisotopic (exact) mass is 855 g/mol. The molecular formula is C51H46BrN3O3Si. The summed E-state index contributed by atoms with van der Waals surface area (Å²) >= 11 is 3.71. The van der Waals surface area contributed by atoms with Crippen LogP contribution in [0.15, 0.2) is 156 Å². The second-order valence-corrected chi connectivity index (χ2v) is 20.1. The van der Waals surface area contributed by atoms with Gasteiger partial charge in [0.2, 0.25) is 0 Å². The van der Waals surface area contributed by atoms with Gasteiger partial charge in [0.1, 0.15) is 18.9 Å². The van der Waals surface area contributed by atoms with Gasteiger partial charge in [0.05, 0.1) is 0 Å². The molecule has 6 nitrogen and oxygen atoms in total. The summed E-state index contributed by atoms with van der Waals surface area (Å²) in [6, 6.07) is 52.7. The van der Waals surface area contributed by atoms with Gasteiger partial charge in [-0.15, -0.1) is 0 Å². The minimum atomic E-state index is -3.07. The first-order valence-corrected chi connectivity index (χ1v) is 22.2. The van der Waals surface area contributed by atoms with Crippen molar-refractivity contribution in [3.63, 3.8) is 0 Å². The third kappa shape index (κ3) is 7.94. The fraction of sp³-hybridized carbons (Fsp3) is 0.118. The normalized spacial score (nSPS) is 11.2. The van der Waals surface area contributed by atoms with Gasteiger partial charge in [-0.1, -0.05) is 101 Å². The van der Waals surface area contributed by atoms with Crippen LogP contribution in [0.5, 0.6) is 0 Å². The smallest absolute Gasteiger partial charge is 0.179 e. The molecule has 0 spiro atoms. The Kier molecular flexibility index (Phi) is 11.9. The summed E-state index contributed by atoms with van der Waals surface area (Å²) in [5.41, 5.74) is 11.0. The highest BCUT2D eigenvalue weighted by molar-refractivity contribution is 9.10. The van der Waals surface area contributed by atoms with E-state index < -0.39 is 8.07 Å². The van der Waals surface area contributed by atoms with E-state index in [4.69, 9.17) is 0 Å². The van der Waals surface area contributed by atoms with Gasteiger partial charge in [0.25, 0.3) is 0 Å². The van der Waals surface area contributed by atoms with Gasteiger partial charge in [0.15, 0.2) is 8.07 Å². The van der Waals surface area contributed by atoms with E-state index in [2.05, 4.69) is 128 Å². The van der Waals surface area contributed by atoms with Crippen LogP contribution in [0.25, 0.3) is 33.4 Å². The van der Waals surface area contributed by atoms with E-state index in [0.29, 0.717) is 16.7 Å². The molecule has 7 aromatic carbocycles. The molecular weight excluding hydrogens is 811 g/mol. The van der Waals surface area contributed by atoms with Crippen molar-refractivity contribution >= 4 is 80.7 Å². The number of hydrogen-bond donors (Lipinski definition) is 0. The van der Waals surface area contributed by atoms with Crippen LogP contribution < -0.4 is 35.4 Å². The molecule has 0 saturated heterocycles. The molecule has 0 aliphatic heterocycles. The lowest BCUT2D eigenvalue weighted by molar-refractivity contribution is 0.111. The second-order valence-electron chi connectivity index (χ2n) is 15.4. The van der Waals surface area contributed by atoms with Crippen molar-refractivity contribution < 1.29 is 14.4 Å². The Morgan fingerprint density at radius 2 is 0.627 bits per heavy atom. The van der Waals surface area contributed by atoms with Gasteiger partial charge in [-0.05, 0) is 104 Å². The minimum Gasteiger partial charge on any atom is -0.377 e. The molecule has 0 heterocycles. The van der Waals surface area contributed by atoms with Crippen LogP contribution in [0.2, 0.25) is 0 Å². The number of nitrogens with zero attached hydrogens (tertiary/aromatic N) is 3. The molecule has 294 valence electrons. The zero-order valence-corrected chi connectivity index (χ0v) is 36.7. The van der Waals surface area contributed by atoms with Gasteiger partial charge in [-0.2, -0.15) is 0 Å². The van der Waals surface area contributed by atoms with Crippen LogP contribution in [0.1, 0.15) is 31.1 Å². The first kappa shape index (κ1) is 40.8. The predicted octanol–water partition coefficient (Wildman–Crippen LogP) is 8.46. The Balaban J connectivity index is 1.49. The van der Waals surface area contributed by atoms with Gasteiger partial charge in [-0.3, -0.25) is 14.4 Å². The molecule has 0 radical (unpaired) electrons. The summed E-state index contributed by atoms with van der Waals surface area (Å²) in [5, 5.41) is 4.78. The van der Waals surface area contributed by atoms with Crippen LogP contribution in [0.3, 0.4) is 0 Å². The first-order valence-electron chi connectivity index (χ1n) is 19.4. The van der Waals surface area contributed by atoms with Crippen LogP contribution in [0, 0.1) is 0 Å². The molecule has 0 unspecified atom stereocenters. The minimum absolute atomic E-state index is 0.626. The summed E-state index contributed by atoms with van der Waals surface area (Å²) in [5.74, 6) is 0. The molecule has 59 heavy (non-hydrogen) atoms. The highest BCUT2D eigenvalue weighted by Crippen LogP contribution is 2.34. The molecule has 0 atom stereocenters. The first-order chi connectivity index (χ1) is 28.5. The lowest BCUT2D eigenvalue weighted by Crippen LogP contribution is -2.74. The van der Waals surface area contributed by atoms with E-state index in [1.54, 1.807) is 0 Å². The van der Waals surface area contributed by atoms with Crippen LogP contribution in [-0.2, 0) is 0 Å². The Morgan fingerprint density at radius 3 is 0.864 bits per heavy atom. The van der Waals surface area contributed by atoms with Crippen molar-refractivity contribution in [3.8, 4) is 33.4 Å². The van der Waals surface area contributed by atoms with Crippen LogP contribution in [-0.4, -0.2) is 69.2 Å². The molecule has 0 aliphatic rings. The molecule has 8 heteroatoms. The van der Waals surface area contributed by atoms with Crippen LogP contribution in [0.4, 0.5) is 17.1 Å². The number of aldehydes is 3. The fourth-order valence-electron chi connectivity index (χ4n) is 8.14. The number of anilines is 3. The number of carbonyl (C=O) groups is 3. The molecule has 0 saturated carbocycles. The maximum Gasteiger partial charge on any atom is 0.179 e. The molecule has 7 aromatic rings. The van der Waals surface area contributed by atoms with Crippen LogP contribution >= 0.6 is 15.9 Å². The Bertz CT molecular complexity index is 2380. The molecule has 0 aliphatic carbocycles. The molecule has 0 N–H and O–H groups in total. The second kappa shape index (κ2) is 17.2. The summed E-state index contributed by atoms with van der Waals surface area (Å²) in [6.45, 7) is 0. The zero-order valence-electron chi connectivity index (χ0n) is 34.1. The highest BCUT2D eigenvalue weighted by atomic mass is 79.9. The number of hydrogen-bond acceptors (Lipinski definition) is 6. The quantitative estimate of drug-likeness (QED) is 0.0660. The van der Waals surface area contributed by atoms with Crippen molar-refractivity contribution in [1.29, 1.82) is 0 Å². The van der Waals surface area contributed by atoms with Gasteiger partial charge in [-0.25, -0.2) is 0 Å². The third-order valence-electron chi connectivity index (χ3n) is 11.1. The average molecular weight is 857 g/mol. The van der Waals surface area contributed by atoms with Crippen molar-refractivity contribution in [2.75, 3.05) is 57.0 Å². The molecule has 7 rings (SSSR count). The van der Waals surface area contributed by atoms with E-state index in [1.165, 1.54) is 20.7 Å². The standard InChI is InChI=1S/C51H46BrN3O3Si/c1-53(2)49-26-7-35(32-56)29-46(49)38-10-18-42(19-11-38)59(45-24-16-41(52)17-25-45,43-20-12-39(13-21-43)47-30-36(33-57)8-27-50(47)54(3)4)44-22-14-40(15-23-44)48-31-37(34-58)9-28-51(48)55(5)6/h7-34H,1-6H3. The molecule has 0 bridgehead atoms. The Labute approximate surface area is 356 Å². The number of rotatable bonds is 13. The largest absolute Gasteiger partial charge is 0.377 e. The Hall–Kier alpha value is -6.35. The number of benzene rings is 7. The van der Waals surface area contributed by atoms with Crippen molar-refractivity contribution in [2.24, 2.45) is 0 Å². The van der Waals surface area contributed by atoms with Gasteiger partial charge in [0, 0.05) is 97.2 Å². The summed E-state index contributed by atoms with van der Waals surface area (Å²) in [7, 11) is 9.01. The van der Waals surface area contributed by atoms with Gasteiger partial charge < -0.3 is 14.7 Å². The maximum absolute atomic E-state index is 11.9. The number of carbonyl (C=O) groups excluding carboxylic acids is 3. The summed E-state index contributed by atoms with van der Waals surface area (Å²) in [6.07, 6.45) is 2.68. The number of halogens is 1. The van der Waals surface area contributed by atoms with E-state index in [1.807, 2.05) is 96.9 Å². The lowest BCUT2D eigenvalue weighted by Gasteiger charge is -2.35. The SMILES string of the molecule is CN(C)c1ccc(C=O)cc1-c1ccc([Si](c2ccc(Br)cc2)(c2ccc(-c3cc(C=O)ccc3N(C)C)cc2)c2ccc(-c3cc(C=O)ccc3N(C)C)cc2)cc1.